The van der Waals surface area contributed by atoms with E-state index in [1.807, 2.05) is 83.1 Å². The van der Waals surface area contributed by atoms with E-state index >= 15 is 0 Å². The molecule has 3 aliphatic heterocycles. The fourth-order valence-electron chi connectivity index (χ4n) is 5.26. The van der Waals surface area contributed by atoms with E-state index in [4.69, 9.17) is 14.7 Å². The Morgan fingerprint density at radius 1 is 0.711 bits per heavy atom. The van der Waals surface area contributed by atoms with Crippen LogP contribution in [0.4, 0.5) is 0 Å². The monoisotopic (exact) mass is 615 g/mol. The van der Waals surface area contributed by atoms with Gasteiger partial charge in [0.25, 0.3) is 0 Å². The summed E-state index contributed by atoms with van der Waals surface area (Å²) >= 11 is 0. The number of esters is 1. The number of ether oxygens (including phenoxy) is 1. The average Bonchev–Trinajstić information content (AvgIpc) is 3.30. The Morgan fingerprint density at radius 2 is 1.24 bits per heavy atom. The van der Waals surface area contributed by atoms with Crippen LogP contribution < -0.4 is 4.74 Å². The van der Waals surface area contributed by atoms with Crippen LogP contribution in [0.3, 0.4) is 0 Å². The molecule has 0 N–H and O–H groups in total. The van der Waals surface area contributed by atoms with Gasteiger partial charge in [0.1, 0.15) is 11.6 Å². The van der Waals surface area contributed by atoms with E-state index in [9.17, 15) is 20.1 Å². The zero-order valence-electron chi connectivity index (χ0n) is 28.3. The molecule has 11 nitrogen and oxygen atoms in total. The van der Waals surface area contributed by atoms with Gasteiger partial charge in [-0.2, -0.15) is 5.06 Å². The first-order valence-corrected chi connectivity index (χ1v) is 15.1. The summed E-state index contributed by atoms with van der Waals surface area (Å²) in [6.07, 6.45) is 0. The molecular formula is C34H43N6O5. The third-order valence-corrected chi connectivity index (χ3v) is 10.8. The average molecular weight is 616 g/mol. The number of nitroso groups, excluding NO2 is 1. The second-order valence-corrected chi connectivity index (χ2v) is 15.3. The van der Waals surface area contributed by atoms with Crippen molar-refractivity contribution in [3.05, 3.63) is 74.8 Å². The largest absolute Gasteiger partial charge is 0.757 e. The molecule has 239 valence electrons. The molecule has 2 aromatic rings. The molecule has 0 aromatic heterocycles. The molecule has 1 radical (unpaired) electrons. The Balaban J connectivity index is 1.51. The lowest BCUT2D eigenvalue weighted by Crippen LogP contribution is -2.50. The van der Waals surface area contributed by atoms with Gasteiger partial charge >= 0.3 is 11.8 Å². The number of benzene rings is 2. The molecule has 0 fully saturated rings. The highest BCUT2D eigenvalue weighted by molar-refractivity contribution is 6.05. The Morgan fingerprint density at radius 3 is 1.71 bits per heavy atom. The van der Waals surface area contributed by atoms with Crippen molar-refractivity contribution in [2.24, 2.45) is 15.0 Å². The predicted octanol–water partition coefficient (Wildman–Crippen LogP) is 6.08. The first kappa shape index (κ1) is 32.4. The van der Waals surface area contributed by atoms with Crippen molar-refractivity contribution in [1.82, 2.24) is 10.1 Å². The maximum absolute atomic E-state index is 13.5. The van der Waals surface area contributed by atoms with E-state index in [2.05, 4.69) is 4.99 Å². The van der Waals surface area contributed by atoms with Crippen molar-refractivity contribution in [3.63, 3.8) is 0 Å². The summed E-state index contributed by atoms with van der Waals surface area (Å²) in [4.78, 5) is 41.0. The first-order chi connectivity index (χ1) is 20.4. The van der Waals surface area contributed by atoms with Crippen LogP contribution in [-0.4, -0.2) is 71.6 Å². The Labute approximate surface area is 264 Å². The fraction of sp³-hybridized carbons (Fsp3) is 0.529. The molecule has 0 unspecified atom stereocenters. The number of hydrogen-bond acceptors (Lipinski definition) is 9. The summed E-state index contributed by atoms with van der Waals surface area (Å²) in [6, 6.07) is 11.3. The Kier molecular flexibility index (Phi) is 7.04. The Bertz CT molecular complexity index is 1700. The van der Waals surface area contributed by atoms with Crippen LogP contribution in [0.15, 0.2) is 57.4 Å². The van der Waals surface area contributed by atoms with E-state index in [0.29, 0.717) is 22.5 Å². The van der Waals surface area contributed by atoms with Gasteiger partial charge in [0.2, 0.25) is 0 Å². The number of hydroxylamine groups is 4. The van der Waals surface area contributed by atoms with Gasteiger partial charge in [-0.3, -0.25) is 9.98 Å². The fourth-order valence-corrected chi connectivity index (χ4v) is 5.26. The highest BCUT2D eigenvalue weighted by Crippen LogP contribution is 2.41. The van der Waals surface area contributed by atoms with E-state index < -0.39 is 39.2 Å². The second-order valence-electron chi connectivity index (χ2n) is 15.3. The maximum Gasteiger partial charge on any atom is 0.364 e. The van der Waals surface area contributed by atoms with Crippen LogP contribution >= 0.6 is 0 Å². The van der Waals surface area contributed by atoms with Crippen LogP contribution in [0.25, 0.3) is 0 Å². The molecule has 11 heteroatoms. The Hall–Kier alpha value is -3.96. The quantitative estimate of drug-likeness (QED) is 0.227. The van der Waals surface area contributed by atoms with Crippen LogP contribution in [0, 0.1) is 10.1 Å². The molecule has 0 saturated carbocycles. The highest BCUT2D eigenvalue weighted by Gasteiger charge is 2.59. The van der Waals surface area contributed by atoms with Crippen LogP contribution in [0.2, 0.25) is 0 Å². The lowest BCUT2D eigenvalue weighted by molar-refractivity contribution is -0.514. The smallest absolute Gasteiger partial charge is 0.364 e. The minimum absolute atomic E-state index is 0.128. The summed E-state index contributed by atoms with van der Waals surface area (Å²) in [5.41, 5.74) is -2.78. The minimum Gasteiger partial charge on any atom is -0.757 e. The van der Waals surface area contributed by atoms with Crippen LogP contribution in [-0.2, 0) is 5.21 Å². The molecule has 3 aliphatic rings. The van der Waals surface area contributed by atoms with Crippen molar-refractivity contribution < 1.29 is 19.5 Å². The van der Waals surface area contributed by atoms with Gasteiger partial charge in [0, 0.05) is 16.7 Å². The molecule has 45 heavy (non-hydrogen) atoms. The number of carbonyl (C=O) groups excluding carboxylic acids is 1. The molecule has 2 aromatic carbocycles. The number of nitrogens with zero attached hydrogens (tertiary/aromatic N) is 6. The van der Waals surface area contributed by atoms with E-state index in [1.54, 1.807) is 42.5 Å². The second kappa shape index (κ2) is 9.77. The molecule has 5 rings (SSSR count). The standard InChI is InChI=1S/C34H43N6O5/c1-29(2)32(7,8)38(42)25(35-29)20-13-15-21(16-14-20)28(41)45-24-18-22(26-36-30(3,4)33(9,10)39(26)43)17-23(19-24)27-37-31(5,6)34(11,12)40(27)44/h13-19H,1-12H3. The topological polar surface area (TPSA) is 133 Å². The van der Waals surface area contributed by atoms with Gasteiger partial charge in [-0.1, -0.05) is 27.2 Å². The van der Waals surface area contributed by atoms with Crippen LogP contribution in [0.1, 0.15) is 110 Å². The van der Waals surface area contributed by atoms with Crippen molar-refractivity contribution in [3.8, 4) is 5.75 Å². The minimum atomic E-state index is -0.843. The lowest BCUT2D eigenvalue weighted by atomic mass is 9.84. The van der Waals surface area contributed by atoms with Gasteiger partial charge < -0.3 is 15.0 Å². The van der Waals surface area contributed by atoms with Crippen molar-refractivity contribution >= 4 is 23.5 Å². The first-order valence-electron chi connectivity index (χ1n) is 15.1. The van der Waals surface area contributed by atoms with Gasteiger partial charge in [0.15, 0.2) is 16.9 Å². The molecule has 0 saturated heterocycles. The van der Waals surface area contributed by atoms with Gasteiger partial charge in [-0.15, -0.1) is 0 Å². The zero-order valence-corrected chi connectivity index (χ0v) is 28.3. The van der Waals surface area contributed by atoms with E-state index in [1.165, 1.54) is 0 Å². The molecule has 0 bridgehead atoms. The summed E-state index contributed by atoms with van der Waals surface area (Å²) in [5, 5.41) is 28.3. The SMILES string of the molecule is CC1(C)N=C(c2cc(OC(=O)c3ccc(C4=NC(C)(C)C(C)(C)N4[O-])cc3)cc(C3=NC(C)(C)C(C)(C)[N+]3=O)c2)N([O])C1(C)C. The summed E-state index contributed by atoms with van der Waals surface area (Å²) < 4.78 is 6.70. The number of aliphatic imine (C=N–C) groups is 3. The third-order valence-electron chi connectivity index (χ3n) is 10.8. The lowest BCUT2D eigenvalue weighted by Gasteiger charge is -2.45. The molecule has 3 heterocycles. The van der Waals surface area contributed by atoms with Crippen molar-refractivity contribution in [1.29, 1.82) is 0 Å². The normalized spacial score (nSPS) is 23.5. The van der Waals surface area contributed by atoms with Gasteiger partial charge in [-0.05, 0) is 118 Å². The predicted molar refractivity (Wildman–Crippen MR) is 173 cm³/mol. The number of amidine groups is 3. The molecular weight excluding hydrogens is 572 g/mol. The van der Waals surface area contributed by atoms with E-state index in [0.717, 1.165) is 14.9 Å². The van der Waals surface area contributed by atoms with Crippen LogP contribution in [0.5, 0.6) is 5.75 Å². The molecule has 0 amide bonds. The number of carbonyl (C=O) groups is 1. The summed E-state index contributed by atoms with van der Waals surface area (Å²) in [5.74, 6) is 0.127. The van der Waals surface area contributed by atoms with Crippen molar-refractivity contribution in [2.75, 3.05) is 0 Å². The molecule has 0 aliphatic carbocycles. The summed E-state index contributed by atoms with van der Waals surface area (Å²) in [6.45, 7) is 22.3. The third kappa shape index (κ3) is 4.78. The number of hydrogen-bond donors (Lipinski definition) is 0. The molecule has 0 spiro atoms. The number of rotatable bonds is 5. The summed E-state index contributed by atoms with van der Waals surface area (Å²) in [7, 11) is 0. The van der Waals surface area contributed by atoms with Gasteiger partial charge in [0.05, 0.1) is 27.7 Å². The molecule has 0 atom stereocenters. The van der Waals surface area contributed by atoms with Crippen molar-refractivity contribution in [2.45, 2.75) is 116 Å². The van der Waals surface area contributed by atoms with Gasteiger partial charge in [-0.25, -0.2) is 4.79 Å². The zero-order chi connectivity index (χ0) is 33.7. The van der Waals surface area contributed by atoms with E-state index in [-0.39, 0.29) is 23.0 Å². The maximum atomic E-state index is 13.5. The highest BCUT2D eigenvalue weighted by atomic mass is 16.5.